The van der Waals surface area contributed by atoms with E-state index in [1.54, 1.807) is 0 Å². The van der Waals surface area contributed by atoms with E-state index in [2.05, 4.69) is 27.5 Å². The largest absolute Gasteiger partial charge is 0.317 e. The lowest BCUT2D eigenvalue weighted by Gasteiger charge is -2.21. The van der Waals surface area contributed by atoms with E-state index in [0.717, 1.165) is 5.92 Å². The molecule has 0 unspecified atom stereocenters. The number of piperidine rings is 1. The second-order valence-electron chi connectivity index (χ2n) is 6.37. The predicted molar refractivity (Wildman–Crippen MR) is 78.3 cm³/mol. The second kappa shape index (κ2) is 6.56. The van der Waals surface area contributed by atoms with Gasteiger partial charge in [-0.3, -0.25) is 4.68 Å². The molecule has 0 spiro atoms. The van der Waals surface area contributed by atoms with Crippen LogP contribution in [0.25, 0.3) is 0 Å². The summed E-state index contributed by atoms with van der Waals surface area (Å²) in [6.45, 7) is 2.39. The van der Waals surface area contributed by atoms with Crippen LogP contribution in [0.4, 0.5) is 0 Å². The third kappa shape index (κ3) is 3.59. The molecule has 1 aliphatic heterocycles. The van der Waals surface area contributed by atoms with E-state index in [9.17, 15) is 0 Å². The summed E-state index contributed by atoms with van der Waals surface area (Å²) in [5, 5.41) is 8.09. The summed E-state index contributed by atoms with van der Waals surface area (Å²) in [4.78, 5) is 0. The smallest absolute Gasteiger partial charge is 0.0521 e. The molecule has 1 N–H and O–H groups in total. The Kier molecular flexibility index (Phi) is 4.54. The van der Waals surface area contributed by atoms with Crippen LogP contribution in [0.5, 0.6) is 0 Å². The molecule has 0 bridgehead atoms. The summed E-state index contributed by atoms with van der Waals surface area (Å²) in [6, 6.07) is 0.671. The van der Waals surface area contributed by atoms with Gasteiger partial charge in [0.15, 0.2) is 0 Å². The van der Waals surface area contributed by atoms with Crippen molar-refractivity contribution in [3.8, 4) is 0 Å². The standard InChI is InChI=1S/C16H27N3/c1-2-4-6-16(5-3-1)19-13-15(12-18-19)11-14-7-9-17-10-8-14/h12-14,16-17H,1-11H2. The van der Waals surface area contributed by atoms with Crippen molar-refractivity contribution < 1.29 is 0 Å². The summed E-state index contributed by atoms with van der Waals surface area (Å²) in [7, 11) is 0. The molecule has 19 heavy (non-hydrogen) atoms. The molecule has 1 aliphatic carbocycles. The highest BCUT2D eigenvalue weighted by atomic mass is 15.3. The van der Waals surface area contributed by atoms with Gasteiger partial charge in [0, 0.05) is 6.20 Å². The number of rotatable bonds is 3. The van der Waals surface area contributed by atoms with E-state index in [0.29, 0.717) is 6.04 Å². The molecule has 0 aromatic carbocycles. The molecule has 0 atom stereocenters. The summed E-state index contributed by atoms with van der Waals surface area (Å²) < 4.78 is 2.27. The molecule has 1 aromatic rings. The monoisotopic (exact) mass is 261 g/mol. The van der Waals surface area contributed by atoms with Gasteiger partial charge < -0.3 is 5.32 Å². The molecular weight excluding hydrogens is 234 g/mol. The fraction of sp³-hybridized carbons (Fsp3) is 0.812. The Balaban J connectivity index is 1.58. The van der Waals surface area contributed by atoms with Crippen molar-refractivity contribution in [2.75, 3.05) is 13.1 Å². The molecule has 1 saturated carbocycles. The van der Waals surface area contributed by atoms with E-state index in [4.69, 9.17) is 0 Å². The Hall–Kier alpha value is -0.830. The lowest BCUT2D eigenvalue weighted by Crippen LogP contribution is -2.28. The molecule has 0 amide bonds. The van der Waals surface area contributed by atoms with Crippen molar-refractivity contribution in [2.45, 2.75) is 63.8 Å². The molecule has 106 valence electrons. The van der Waals surface area contributed by atoms with Gasteiger partial charge in [0.1, 0.15) is 0 Å². The maximum Gasteiger partial charge on any atom is 0.0521 e. The first-order chi connectivity index (χ1) is 9.42. The van der Waals surface area contributed by atoms with Gasteiger partial charge in [-0.05, 0) is 56.7 Å². The van der Waals surface area contributed by atoms with Gasteiger partial charge in [-0.1, -0.05) is 25.7 Å². The topological polar surface area (TPSA) is 29.9 Å². The van der Waals surface area contributed by atoms with Gasteiger partial charge in [-0.25, -0.2) is 0 Å². The lowest BCUT2D eigenvalue weighted by atomic mass is 9.92. The fourth-order valence-corrected chi connectivity index (χ4v) is 3.62. The quantitative estimate of drug-likeness (QED) is 0.846. The number of nitrogens with zero attached hydrogens (tertiary/aromatic N) is 2. The maximum absolute atomic E-state index is 4.65. The van der Waals surface area contributed by atoms with Crippen molar-refractivity contribution >= 4 is 0 Å². The van der Waals surface area contributed by atoms with Crippen LogP contribution in [0.15, 0.2) is 12.4 Å². The van der Waals surface area contributed by atoms with Gasteiger partial charge >= 0.3 is 0 Å². The maximum atomic E-state index is 4.65. The number of aromatic nitrogens is 2. The molecule has 3 heteroatoms. The summed E-state index contributed by atoms with van der Waals surface area (Å²) in [5.41, 5.74) is 1.45. The Bertz CT molecular complexity index is 371. The zero-order valence-electron chi connectivity index (χ0n) is 12.0. The summed E-state index contributed by atoms with van der Waals surface area (Å²) in [6.07, 6.45) is 16.6. The zero-order chi connectivity index (χ0) is 12.9. The van der Waals surface area contributed by atoms with E-state index in [1.807, 2.05) is 0 Å². The Labute approximate surface area is 116 Å². The molecule has 3 rings (SSSR count). The van der Waals surface area contributed by atoms with Crippen molar-refractivity contribution in [1.29, 1.82) is 0 Å². The third-order valence-corrected chi connectivity index (χ3v) is 4.84. The average molecular weight is 261 g/mol. The van der Waals surface area contributed by atoms with Crippen molar-refractivity contribution in [2.24, 2.45) is 5.92 Å². The molecule has 0 radical (unpaired) electrons. The molecule has 2 aliphatic rings. The molecule has 1 saturated heterocycles. The predicted octanol–water partition coefficient (Wildman–Crippen LogP) is 3.32. The van der Waals surface area contributed by atoms with E-state index in [1.165, 1.54) is 76.4 Å². The highest BCUT2D eigenvalue weighted by Gasteiger charge is 2.17. The van der Waals surface area contributed by atoms with Crippen LogP contribution in [-0.4, -0.2) is 22.9 Å². The molecule has 3 nitrogen and oxygen atoms in total. The van der Waals surface area contributed by atoms with Crippen LogP contribution < -0.4 is 5.32 Å². The van der Waals surface area contributed by atoms with Crippen LogP contribution in [0.3, 0.4) is 0 Å². The van der Waals surface area contributed by atoms with Crippen molar-refractivity contribution in [3.05, 3.63) is 18.0 Å². The highest BCUT2D eigenvalue weighted by Crippen LogP contribution is 2.27. The first-order valence-electron chi connectivity index (χ1n) is 8.15. The fourth-order valence-electron chi connectivity index (χ4n) is 3.62. The van der Waals surface area contributed by atoms with Gasteiger partial charge in [0.25, 0.3) is 0 Å². The van der Waals surface area contributed by atoms with Crippen LogP contribution in [0, 0.1) is 5.92 Å². The normalized spacial score (nSPS) is 23.4. The lowest BCUT2D eigenvalue weighted by molar-refractivity contribution is 0.371. The molecule has 2 heterocycles. The molecular formula is C16H27N3. The minimum absolute atomic E-state index is 0.671. The van der Waals surface area contributed by atoms with Crippen molar-refractivity contribution in [1.82, 2.24) is 15.1 Å². The van der Waals surface area contributed by atoms with Crippen molar-refractivity contribution in [3.63, 3.8) is 0 Å². The van der Waals surface area contributed by atoms with Crippen LogP contribution >= 0.6 is 0 Å². The Morgan fingerprint density at radius 3 is 2.53 bits per heavy atom. The first kappa shape index (κ1) is 13.2. The van der Waals surface area contributed by atoms with Crippen LogP contribution in [0.1, 0.15) is 63.0 Å². The van der Waals surface area contributed by atoms with E-state index in [-0.39, 0.29) is 0 Å². The highest BCUT2D eigenvalue weighted by molar-refractivity contribution is 5.06. The van der Waals surface area contributed by atoms with Crippen LogP contribution in [0.2, 0.25) is 0 Å². The van der Waals surface area contributed by atoms with Gasteiger partial charge in [0.05, 0.1) is 12.2 Å². The zero-order valence-corrected chi connectivity index (χ0v) is 12.0. The Morgan fingerprint density at radius 2 is 1.79 bits per heavy atom. The van der Waals surface area contributed by atoms with E-state index >= 15 is 0 Å². The average Bonchev–Trinajstić information content (AvgIpc) is 2.74. The van der Waals surface area contributed by atoms with Crippen LogP contribution in [-0.2, 0) is 6.42 Å². The van der Waals surface area contributed by atoms with Gasteiger partial charge in [0.2, 0.25) is 0 Å². The van der Waals surface area contributed by atoms with Gasteiger partial charge in [-0.15, -0.1) is 0 Å². The third-order valence-electron chi connectivity index (χ3n) is 4.84. The SMILES string of the molecule is c1nn(C2CCCCCC2)cc1CC1CCNCC1. The van der Waals surface area contributed by atoms with Gasteiger partial charge in [-0.2, -0.15) is 5.10 Å². The number of nitrogens with one attached hydrogen (secondary N) is 1. The minimum atomic E-state index is 0.671. The molecule has 2 fully saturated rings. The second-order valence-corrected chi connectivity index (χ2v) is 6.37. The number of hydrogen-bond donors (Lipinski definition) is 1. The van der Waals surface area contributed by atoms with E-state index < -0.39 is 0 Å². The summed E-state index contributed by atoms with van der Waals surface area (Å²) >= 11 is 0. The number of hydrogen-bond acceptors (Lipinski definition) is 2. The minimum Gasteiger partial charge on any atom is -0.317 e. The summed E-state index contributed by atoms with van der Waals surface area (Å²) in [5.74, 6) is 0.869. The Morgan fingerprint density at radius 1 is 1.05 bits per heavy atom. The molecule has 1 aromatic heterocycles. The first-order valence-corrected chi connectivity index (χ1v) is 8.15.